The van der Waals surface area contributed by atoms with Crippen LogP contribution in [-0.4, -0.2) is 16.1 Å². The predicted molar refractivity (Wildman–Crippen MR) is 127 cm³/mol. The van der Waals surface area contributed by atoms with E-state index in [1.54, 1.807) is 13.8 Å². The molecule has 0 aliphatic rings. The van der Waals surface area contributed by atoms with E-state index in [1.807, 2.05) is 24.3 Å². The lowest BCUT2D eigenvalue weighted by atomic mass is 10.1. The van der Waals surface area contributed by atoms with Crippen molar-refractivity contribution in [2.45, 2.75) is 39.8 Å². The largest absolute Gasteiger partial charge is 0.417 e. The van der Waals surface area contributed by atoms with Crippen LogP contribution < -0.4 is 5.32 Å². The molecule has 33 heavy (non-hydrogen) atoms. The van der Waals surface area contributed by atoms with Crippen LogP contribution in [0.2, 0.25) is 10.0 Å². The quantitative estimate of drug-likeness (QED) is 0.351. The highest BCUT2D eigenvalue weighted by Crippen LogP contribution is 2.36. The number of hydrogen-bond donors (Lipinski definition) is 1. The molecule has 0 saturated carbocycles. The summed E-state index contributed by atoms with van der Waals surface area (Å²) >= 11 is 12.3. The van der Waals surface area contributed by atoms with Crippen LogP contribution in [-0.2, 0) is 12.6 Å². The minimum Gasteiger partial charge on any atom is -0.312 e. The Morgan fingerprint density at radius 1 is 1.06 bits per heavy atom. The molecule has 0 atom stereocenters. The van der Waals surface area contributed by atoms with E-state index < -0.39 is 22.7 Å². The van der Waals surface area contributed by atoms with Crippen LogP contribution in [0, 0.1) is 6.92 Å². The second kappa shape index (κ2) is 11.6. The molecule has 3 rings (SSSR count). The molecule has 2 aromatic carbocycles. The van der Waals surface area contributed by atoms with Crippen LogP contribution in [0.15, 0.2) is 42.5 Å². The number of aryl methyl sites for hydroxylation is 2. The molecule has 0 saturated heterocycles. The van der Waals surface area contributed by atoms with E-state index in [4.69, 9.17) is 23.2 Å². The lowest BCUT2D eigenvalue weighted by molar-refractivity contribution is -0.137. The molecule has 1 aromatic heterocycles. The van der Waals surface area contributed by atoms with Crippen molar-refractivity contribution in [3.05, 3.63) is 80.5 Å². The number of benzene rings is 2. The Balaban J connectivity index is 0.000000357. The first kappa shape index (κ1) is 26.8. The van der Waals surface area contributed by atoms with Gasteiger partial charge in [-0.15, -0.1) is 0 Å². The summed E-state index contributed by atoms with van der Waals surface area (Å²) in [5, 5.41) is 2.74. The summed E-state index contributed by atoms with van der Waals surface area (Å²) < 4.78 is 42.6. The molecule has 10 heteroatoms. The van der Waals surface area contributed by atoms with E-state index in [0.29, 0.717) is 5.69 Å². The molecule has 3 aromatic rings. The number of halogens is 5. The molecule has 1 heterocycles. The van der Waals surface area contributed by atoms with E-state index in [1.165, 1.54) is 11.6 Å². The average Bonchev–Trinajstić information content (AvgIpc) is 3.13. The molecule has 4 nitrogen and oxygen atoms in total. The predicted octanol–water partition coefficient (Wildman–Crippen LogP) is 7.87. The Bertz CT molecular complexity index is 1130. The molecule has 0 aliphatic heterocycles. The van der Waals surface area contributed by atoms with Gasteiger partial charge in [0.15, 0.2) is 5.78 Å². The zero-order valence-corrected chi connectivity index (χ0v) is 20.3. The van der Waals surface area contributed by atoms with Crippen LogP contribution >= 0.6 is 34.7 Å². The molecule has 1 amide bonds. The first-order valence-electron chi connectivity index (χ1n) is 9.90. The van der Waals surface area contributed by atoms with Crippen molar-refractivity contribution < 1.29 is 22.8 Å². The number of alkyl halides is 3. The fourth-order valence-corrected chi connectivity index (χ4v) is 4.03. The van der Waals surface area contributed by atoms with Gasteiger partial charge in [0.1, 0.15) is 5.00 Å². The van der Waals surface area contributed by atoms with Gasteiger partial charge < -0.3 is 5.32 Å². The zero-order chi connectivity index (χ0) is 24.8. The number of anilines is 1. The fourth-order valence-electron chi connectivity index (χ4n) is 2.78. The van der Waals surface area contributed by atoms with Crippen molar-refractivity contribution >= 4 is 51.4 Å². The molecule has 0 spiro atoms. The first-order chi connectivity index (χ1) is 15.5. The summed E-state index contributed by atoms with van der Waals surface area (Å²) in [5.74, 6) is -1.05. The number of amides is 1. The number of aromatic nitrogens is 1. The summed E-state index contributed by atoms with van der Waals surface area (Å²) in [5.41, 5.74) is 0.630. The molecule has 0 unspecified atom stereocenters. The smallest absolute Gasteiger partial charge is 0.312 e. The van der Waals surface area contributed by atoms with Gasteiger partial charge in [0.2, 0.25) is 0 Å². The van der Waals surface area contributed by atoms with Crippen molar-refractivity contribution in [2.75, 3.05) is 5.32 Å². The number of rotatable bonds is 5. The Morgan fingerprint density at radius 3 is 2.24 bits per heavy atom. The standard InChI is InChI=1S/C15H12ClF3N2O2S.C8H9Cl/c1-3-10(22)11-7(2)21-24-14(11)20-13(23)8-5-4-6-9(12(8)16)15(17,18)19;1-2-7-3-5-8(9)6-4-7/h4-6H,3H2,1-2H3,(H,20,23);3-6H,2H2,1H3. The summed E-state index contributed by atoms with van der Waals surface area (Å²) in [6, 6.07) is 11.0. The third kappa shape index (κ3) is 7.03. The SMILES string of the molecule is CCC(=O)c1c(C)nsc1NC(=O)c1cccc(C(F)(F)F)c1Cl.CCc1ccc(Cl)cc1. The molecular weight excluding hydrogens is 496 g/mol. The Labute approximate surface area is 203 Å². The highest BCUT2D eigenvalue weighted by Gasteiger charge is 2.34. The third-order valence-corrected chi connectivity index (χ3v) is 6.07. The normalized spacial score (nSPS) is 10.9. The van der Waals surface area contributed by atoms with Gasteiger partial charge in [0.25, 0.3) is 5.91 Å². The lowest BCUT2D eigenvalue weighted by Crippen LogP contribution is -2.16. The van der Waals surface area contributed by atoms with E-state index in [9.17, 15) is 22.8 Å². The van der Waals surface area contributed by atoms with E-state index in [-0.39, 0.29) is 28.3 Å². The number of carbonyl (C=O) groups is 2. The zero-order valence-electron chi connectivity index (χ0n) is 18.0. The van der Waals surface area contributed by atoms with Gasteiger partial charge >= 0.3 is 6.18 Å². The van der Waals surface area contributed by atoms with Crippen LogP contribution in [0.3, 0.4) is 0 Å². The van der Waals surface area contributed by atoms with Gasteiger partial charge in [-0.2, -0.15) is 17.5 Å². The second-order valence-electron chi connectivity index (χ2n) is 6.85. The van der Waals surface area contributed by atoms with Crippen LogP contribution in [0.25, 0.3) is 0 Å². The Hall–Kier alpha value is -2.42. The van der Waals surface area contributed by atoms with Gasteiger partial charge in [0, 0.05) is 11.4 Å². The minimum absolute atomic E-state index is 0.192. The van der Waals surface area contributed by atoms with Crippen molar-refractivity contribution in [3.8, 4) is 0 Å². The van der Waals surface area contributed by atoms with Crippen LogP contribution in [0.4, 0.5) is 18.2 Å². The van der Waals surface area contributed by atoms with E-state index >= 15 is 0 Å². The van der Waals surface area contributed by atoms with Crippen molar-refractivity contribution in [1.29, 1.82) is 0 Å². The van der Waals surface area contributed by atoms with Gasteiger partial charge in [-0.25, -0.2) is 0 Å². The maximum absolute atomic E-state index is 12.9. The lowest BCUT2D eigenvalue weighted by Gasteiger charge is -2.12. The molecular formula is C23H21Cl2F3N2O2S. The summed E-state index contributed by atoms with van der Waals surface area (Å²) in [6.07, 6.45) is -3.37. The Morgan fingerprint density at radius 2 is 1.70 bits per heavy atom. The fraction of sp³-hybridized carbons (Fsp3) is 0.261. The molecule has 1 N–H and O–H groups in total. The first-order valence-corrected chi connectivity index (χ1v) is 11.4. The molecule has 176 valence electrons. The van der Waals surface area contributed by atoms with Crippen molar-refractivity contribution in [1.82, 2.24) is 4.37 Å². The summed E-state index contributed by atoms with van der Waals surface area (Å²) in [6.45, 7) is 5.41. The number of nitrogens with zero attached hydrogens (tertiary/aromatic N) is 1. The van der Waals surface area contributed by atoms with Gasteiger partial charge in [0.05, 0.1) is 27.4 Å². The van der Waals surface area contributed by atoms with Crippen molar-refractivity contribution in [3.63, 3.8) is 0 Å². The van der Waals surface area contributed by atoms with Gasteiger partial charge in [-0.05, 0) is 54.7 Å². The highest BCUT2D eigenvalue weighted by atomic mass is 35.5. The highest BCUT2D eigenvalue weighted by molar-refractivity contribution is 7.11. The molecule has 0 bridgehead atoms. The molecule has 0 radical (unpaired) electrons. The summed E-state index contributed by atoms with van der Waals surface area (Å²) in [7, 11) is 0. The summed E-state index contributed by atoms with van der Waals surface area (Å²) in [4.78, 5) is 24.2. The van der Waals surface area contributed by atoms with Crippen LogP contribution in [0.1, 0.15) is 57.8 Å². The monoisotopic (exact) mass is 516 g/mol. The maximum atomic E-state index is 12.9. The van der Waals surface area contributed by atoms with Gasteiger partial charge in [-0.3, -0.25) is 9.59 Å². The minimum atomic E-state index is -4.67. The number of nitrogens with one attached hydrogen (secondary N) is 1. The van der Waals surface area contributed by atoms with Gasteiger partial charge in [-0.1, -0.05) is 55.2 Å². The number of ketones is 1. The van der Waals surface area contributed by atoms with E-state index in [0.717, 1.165) is 35.1 Å². The molecule has 0 fully saturated rings. The van der Waals surface area contributed by atoms with Crippen LogP contribution in [0.5, 0.6) is 0 Å². The maximum Gasteiger partial charge on any atom is 0.417 e. The van der Waals surface area contributed by atoms with E-state index in [2.05, 4.69) is 16.6 Å². The number of Topliss-reactive ketones (excluding diaryl/α,β-unsaturated/α-hetero) is 1. The van der Waals surface area contributed by atoms with Crippen molar-refractivity contribution in [2.24, 2.45) is 0 Å². The Kier molecular flexibility index (Phi) is 9.46. The third-order valence-electron chi connectivity index (χ3n) is 4.56. The average molecular weight is 517 g/mol. The second-order valence-corrected chi connectivity index (χ2v) is 8.44. The molecule has 0 aliphatic carbocycles. The number of carbonyl (C=O) groups excluding carboxylic acids is 2. The topological polar surface area (TPSA) is 59.1 Å². The number of hydrogen-bond acceptors (Lipinski definition) is 4.